The first-order valence-corrected chi connectivity index (χ1v) is 12.7. The first-order valence-electron chi connectivity index (χ1n) is 12.7. The summed E-state index contributed by atoms with van der Waals surface area (Å²) in [6.07, 6.45) is 5.20. The van der Waals surface area contributed by atoms with Gasteiger partial charge in [-0.3, -0.25) is 4.79 Å². The lowest BCUT2D eigenvalue weighted by Crippen LogP contribution is -2.40. The van der Waals surface area contributed by atoms with Crippen LogP contribution in [0.3, 0.4) is 0 Å². The monoisotopic (exact) mass is 496 g/mol. The molecule has 1 amide bonds. The van der Waals surface area contributed by atoms with E-state index in [1.165, 1.54) is 5.56 Å². The molecule has 0 aliphatic heterocycles. The molecule has 1 aliphatic carbocycles. The van der Waals surface area contributed by atoms with Gasteiger partial charge in [-0.05, 0) is 69.0 Å². The van der Waals surface area contributed by atoms with Gasteiger partial charge in [0.1, 0.15) is 23.0 Å². The fourth-order valence-corrected chi connectivity index (χ4v) is 4.61. The highest BCUT2D eigenvalue weighted by Crippen LogP contribution is 2.27. The molecule has 0 atom stereocenters. The quantitative estimate of drug-likeness (QED) is 0.357. The van der Waals surface area contributed by atoms with Crippen LogP contribution in [0, 0.1) is 6.92 Å². The zero-order valence-corrected chi connectivity index (χ0v) is 21.4. The van der Waals surface area contributed by atoms with Crippen molar-refractivity contribution in [2.45, 2.75) is 44.7 Å². The van der Waals surface area contributed by atoms with Crippen LogP contribution in [0.4, 0.5) is 11.8 Å². The topological polar surface area (TPSA) is 92.3 Å². The van der Waals surface area contributed by atoms with Crippen molar-refractivity contribution in [2.75, 3.05) is 24.3 Å². The zero-order chi connectivity index (χ0) is 25.8. The highest BCUT2D eigenvalue weighted by Gasteiger charge is 2.24. The van der Waals surface area contributed by atoms with Gasteiger partial charge in [0.25, 0.3) is 5.91 Å². The van der Waals surface area contributed by atoms with Gasteiger partial charge in [0.2, 0.25) is 5.95 Å². The molecule has 4 aromatic rings. The maximum atomic E-state index is 12.8. The lowest BCUT2D eigenvalue weighted by Gasteiger charge is -2.30. The van der Waals surface area contributed by atoms with E-state index in [0.29, 0.717) is 17.4 Å². The molecule has 1 fully saturated rings. The molecular formula is C29H32N6O2. The highest BCUT2D eigenvalue weighted by molar-refractivity contribution is 5.92. The van der Waals surface area contributed by atoms with E-state index >= 15 is 0 Å². The Morgan fingerprint density at radius 3 is 2.30 bits per heavy atom. The summed E-state index contributed by atoms with van der Waals surface area (Å²) in [7, 11) is 3.98. The van der Waals surface area contributed by atoms with Crippen LogP contribution < -0.4 is 20.3 Å². The van der Waals surface area contributed by atoms with E-state index in [-0.39, 0.29) is 18.0 Å². The first-order chi connectivity index (χ1) is 17.9. The second-order valence-corrected chi connectivity index (χ2v) is 9.74. The van der Waals surface area contributed by atoms with Crippen LogP contribution in [-0.4, -0.2) is 47.0 Å². The van der Waals surface area contributed by atoms with Gasteiger partial charge >= 0.3 is 0 Å². The normalized spacial score (nSPS) is 17.3. The number of carbonyl (C=O) groups excluding carboxylic acids is 1. The summed E-state index contributed by atoms with van der Waals surface area (Å²) in [5.41, 5.74) is 2.48. The fraction of sp³-hybridized carbons (Fsp3) is 0.310. The molecule has 2 N–H and O–H groups in total. The van der Waals surface area contributed by atoms with Crippen LogP contribution in [0.15, 0.2) is 66.9 Å². The summed E-state index contributed by atoms with van der Waals surface area (Å²) < 4.78 is 5.81. The number of rotatable bonds is 7. The third-order valence-corrected chi connectivity index (χ3v) is 6.63. The summed E-state index contributed by atoms with van der Waals surface area (Å²) in [6, 6.07) is 19.7. The van der Waals surface area contributed by atoms with Gasteiger partial charge < -0.3 is 20.3 Å². The Bertz CT molecular complexity index is 1360. The second kappa shape index (κ2) is 10.8. The molecular weight excluding hydrogens is 464 g/mol. The summed E-state index contributed by atoms with van der Waals surface area (Å²) in [4.78, 5) is 28.6. The maximum absolute atomic E-state index is 12.8. The Morgan fingerprint density at radius 1 is 0.892 bits per heavy atom. The van der Waals surface area contributed by atoms with Gasteiger partial charge in [0.05, 0.1) is 11.7 Å². The van der Waals surface area contributed by atoms with Crippen LogP contribution in [0.25, 0.3) is 10.9 Å². The second-order valence-electron chi connectivity index (χ2n) is 9.74. The van der Waals surface area contributed by atoms with E-state index < -0.39 is 0 Å². The van der Waals surface area contributed by atoms with E-state index in [2.05, 4.69) is 15.6 Å². The van der Waals surface area contributed by atoms with Crippen LogP contribution in [0.2, 0.25) is 0 Å². The third kappa shape index (κ3) is 5.97. The standard InChI is InChI=1S/C29H32N6O2/c1-19-8-14-22(15-9-19)37-23-16-17-26(30-18-23)28(36)31-20-10-12-21(13-11-20)32-29-33-25-7-5-4-6-24(25)27(34-29)35(2)3/h4-9,14-18,20-21H,10-13H2,1-3H3,(H,31,36)(H,32,33,34)/t20-,21+. The van der Waals surface area contributed by atoms with Crippen molar-refractivity contribution >= 4 is 28.6 Å². The molecule has 0 saturated heterocycles. The number of hydrogen-bond acceptors (Lipinski definition) is 7. The molecule has 190 valence electrons. The number of para-hydroxylation sites is 1. The van der Waals surface area contributed by atoms with Gasteiger partial charge in [-0.1, -0.05) is 29.8 Å². The Kier molecular flexibility index (Phi) is 7.16. The van der Waals surface area contributed by atoms with Gasteiger partial charge in [-0.15, -0.1) is 0 Å². The minimum atomic E-state index is -0.160. The van der Waals surface area contributed by atoms with E-state index in [0.717, 1.165) is 48.2 Å². The molecule has 0 spiro atoms. The molecule has 8 heteroatoms. The smallest absolute Gasteiger partial charge is 0.270 e. The third-order valence-electron chi connectivity index (χ3n) is 6.63. The number of anilines is 2. The van der Waals surface area contributed by atoms with Crippen molar-refractivity contribution in [3.63, 3.8) is 0 Å². The largest absolute Gasteiger partial charge is 0.456 e. The Balaban J connectivity index is 1.14. The number of pyridine rings is 1. The number of ether oxygens (including phenoxy) is 1. The number of nitrogens with zero attached hydrogens (tertiary/aromatic N) is 4. The fourth-order valence-electron chi connectivity index (χ4n) is 4.61. The molecule has 0 bridgehead atoms. The Hall–Kier alpha value is -4.20. The van der Waals surface area contributed by atoms with E-state index in [4.69, 9.17) is 14.7 Å². The van der Waals surface area contributed by atoms with Gasteiger partial charge in [-0.2, -0.15) is 4.98 Å². The van der Waals surface area contributed by atoms with Crippen molar-refractivity contribution in [1.29, 1.82) is 0 Å². The SMILES string of the molecule is Cc1ccc(Oc2ccc(C(=O)N[C@H]3CC[C@@H](Nc4nc(N(C)C)c5ccccc5n4)CC3)nc2)cc1. The molecule has 2 aromatic carbocycles. The lowest BCUT2D eigenvalue weighted by molar-refractivity contribution is 0.0921. The molecule has 0 unspecified atom stereocenters. The van der Waals surface area contributed by atoms with Crippen LogP contribution in [0.5, 0.6) is 11.5 Å². The average Bonchev–Trinajstić information content (AvgIpc) is 2.91. The summed E-state index contributed by atoms with van der Waals surface area (Å²) in [5, 5.41) is 7.69. The molecule has 5 rings (SSSR count). The molecule has 2 heterocycles. The first kappa shape index (κ1) is 24.5. The zero-order valence-electron chi connectivity index (χ0n) is 21.4. The maximum Gasteiger partial charge on any atom is 0.270 e. The van der Waals surface area contributed by atoms with Crippen molar-refractivity contribution in [1.82, 2.24) is 20.3 Å². The minimum absolute atomic E-state index is 0.116. The van der Waals surface area contributed by atoms with E-state index in [1.807, 2.05) is 74.4 Å². The van der Waals surface area contributed by atoms with Crippen molar-refractivity contribution in [2.24, 2.45) is 0 Å². The summed E-state index contributed by atoms with van der Waals surface area (Å²) in [6.45, 7) is 2.03. The number of amides is 1. The van der Waals surface area contributed by atoms with Crippen LogP contribution in [-0.2, 0) is 0 Å². The number of aryl methyl sites for hydroxylation is 1. The molecule has 0 radical (unpaired) electrons. The molecule has 1 saturated carbocycles. The van der Waals surface area contributed by atoms with Crippen LogP contribution >= 0.6 is 0 Å². The minimum Gasteiger partial charge on any atom is -0.456 e. The predicted molar refractivity (Wildman–Crippen MR) is 146 cm³/mol. The lowest BCUT2D eigenvalue weighted by atomic mass is 9.91. The molecule has 37 heavy (non-hydrogen) atoms. The van der Waals surface area contributed by atoms with E-state index in [1.54, 1.807) is 18.3 Å². The number of carbonyl (C=O) groups is 1. The molecule has 2 aromatic heterocycles. The Morgan fingerprint density at radius 2 is 1.59 bits per heavy atom. The van der Waals surface area contributed by atoms with Crippen LogP contribution in [0.1, 0.15) is 41.7 Å². The van der Waals surface area contributed by atoms with Gasteiger partial charge in [0, 0.05) is 31.6 Å². The number of aromatic nitrogens is 3. The number of fused-ring (bicyclic) bond motifs is 1. The van der Waals surface area contributed by atoms with Crippen molar-refractivity contribution < 1.29 is 9.53 Å². The summed E-state index contributed by atoms with van der Waals surface area (Å²) in [5.74, 6) is 2.72. The van der Waals surface area contributed by atoms with Crippen molar-refractivity contribution in [3.05, 3.63) is 78.1 Å². The van der Waals surface area contributed by atoms with Gasteiger partial charge in [0.15, 0.2) is 0 Å². The predicted octanol–water partition coefficient (Wildman–Crippen LogP) is 5.34. The number of hydrogen-bond donors (Lipinski definition) is 2. The van der Waals surface area contributed by atoms with Gasteiger partial charge in [-0.25, -0.2) is 9.97 Å². The number of benzene rings is 2. The average molecular weight is 497 g/mol. The van der Waals surface area contributed by atoms with E-state index in [9.17, 15) is 4.79 Å². The van der Waals surface area contributed by atoms with Crippen molar-refractivity contribution in [3.8, 4) is 11.5 Å². The Labute approximate surface area is 217 Å². The summed E-state index contributed by atoms with van der Waals surface area (Å²) >= 11 is 0. The highest BCUT2D eigenvalue weighted by atomic mass is 16.5. The number of nitrogens with one attached hydrogen (secondary N) is 2. The molecule has 8 nitrogen and oxygen atoms in total. The molecule has 1 aliphatic rings.